The molecule has 6 heteroatoms. The van der Waals surface area contributed by atoms with Gasteiger partial charge in [-0.3, -0.25) is 9.59 Å². The first-order chi connectivity index (χ1) is 14.5. The van der Waals surface area contributed by atoms with Crippen LogP contribution in [0.4, 0.5) is 0 Å². The number of ketones is 1. The standard InChI is InChI=1S/C24H34O6/c1-4-7-9-19(6-3)16-28-22-13-10-20(11-14-22)12-15-24(27)30-18-21(25)17-29-23(26)8-5-2/h10-15,19H,4-9,16-18H2,1-3H3. The van der Waals surface area contributed by atoms with E-state index in [9.17, 15) is 14.4 Å². The summed E-state index contributed by atoms with van der Waals surface area (Å²) in [4.78, 5) is 34.5. The lowest BCUT2D eigenvalue weighted by atomic mass is 10.0. The minimum absolute atomic E-state index is 0.262. The quantitative estimate of drug-likeness (QED) is 0.302. The first-order valence-corrected chi connectivity index (χ1v) is 10.7. The fourth-order valence-electron chi connectivity index (χ4n) is 2.63. The molecule has 0 saturated carbocycles. The molecule has 1 atom stereocenters. The molecule has 0 aliphatic heterocycles. The molecule has 0 amide bonds. The van der Waals surface area contributed by atoms with Crippen LogP contribution in [0.1, 0.15) is 64.9 Å². The van der Waals surface area contributed by atoms with E-state index >= 15 is 0 Å². The third-order valence-electron chi connectivity index (χ3n) is 4.54. The third kappa shape index (κ3) is 11.4. The van der Waals surface area contributed by atoms with Crippen LogP contribution in [-0.4, -0.2) is 37.5 Å². The number of ether oxygens (including phenoxy) is 3. The van der Waals surface area contributed by atoms with Gasteiger partial charge in [-0.15, -0.1) is 0 Å². The van der Waals surface area contributed by atoms with E-state index in [2.05, 4.69) is 13.8 Å². The van der Waals surface area contributed by atoms with Gasteiger partial charge >= 0.3 is 11.9 Å². The van der Waals surface area contributed by atoms with Gasteiger partial charge in [-0.2, -0.15) is 0 Å². The fraction of sp³-hybridized carbons (Fsp3) is 0.542. The molecule has 0 bridgehead atoms. The number of carbonyl (C=O) groups excluding carboxylic acids is 3. The van der Waals surface area contributed by atoms with Gasteiger partial charge in [0, 0.05) is 12.5 Å². The summed E-state index contributed by atoms with van der Waals surface area (Å²) in [5.41, 5.74) is 0.817. The Kier molecular flexibility index (Phi) is 12.9. The molecule has 0 radical (unpaired) electrons. The number of hydrogen-bond donors (Lipinski definition) is 0. The van der Waals surface area contributed by atoms with E-state index < -0.39 is 24.3 Å². The maximum Gasteiger partial charge on any atom is 0.331 e. The van der Waals surface area contributed by atoms with Crippen LogP contribution in [0.25, 0.3) is 6.08 Å². The van der Waals surface area contributed by atoms with E-state index in [0.717, 1.165) is 17.7 Å². The summed E-state index contributed by atoms with van der Waals surface area (Å²) in [6, 6.07) is 7.44. The summed E-state index contributed by atoms with van der Waals surface area (Å²) >= 11 is 0. The average Bonchev–Trinajstić information content (AvgIpc) is 2.76. The van der Waals surface area contributed by atoms with Crippen molar-refractivity contribution in [2.75, 3.05) is 19.8 Å². The lowest BCUT2D eigenvalue weighted by molar-refractivity contribution is -0.151. The summed E-state index contributed by atoms with van der Waals surface area (Å²) in [7, 11) is 0. The molecule has 1 unspecified atom stereocenters. The first kappa shape index (κ1) is 25.4. The molecule has 0 heterocycles. The van der Waals surface area contributed by atoms with Crippen LogP contribution in [-0.2, 0) is 23.9 Å². The number of Topliss-reactive ketones (excluding diaryl/α,β-unsaturated/α-hetero) is 1. The maximum absolute atomic E-state index is 11.7. The molecule has 1 aromatic carbocycles. The van der Waals surface area contributed by atoms with E-state index in [1.807, 2.05) is 31.2 Å². The van der Waals surface area contributed by atoms with Gasteiger partial charge < -0.3 is 14.2 Å². The van der Waals surface area contributed by atoms with E-state index in [4.69, 9.17) is 14.2 Å². The zero-order valence-electron chi connectivity index (χ0n) is 18.4. The molecule has 0 aliphatic carbocycles. The predicted molar refractivity (Wildman–Crippen MR) is 116 cm³/mol. The fourth-order valence-corrected chi connectivity index (χ4v) is 2.63. The smallest absolute Gasteiger partial charge is 0.331 e. The Morgan fingerprint density at radius 3 is 2.30 bits per heavy atom. The molecule has 1 aromatic rings. The number of hydrogen-bond acceptors (Lipinski definition) is 6. The third-order valence-corrected chi connectivity index (χ3v) is 4.54. The van der Waals surface area contributed by atoms with Gasteiger partial charge in [-0.05, 0) is 42.5 Å². The highest BCUT2D eigenvalue weighted by Crippen LogP contribution is 2.18. The van der Waals surface area contributed by atoms with Gasteiger partial charge in [0.1, 0.15) is 5.75 Å². The molecule has 6 nitrogen and oxygen atoms in total. The Morgan fingerprint density at radius 2 is 1.67 bits per heavy atom. The second kappa shape index (κ2) is 15.2. The lowest BCUT2D eigenvalue weighted by Gasteiger charge is -2.15. The number of esters is 2. The summed E-state index contributed by atoms with van der Waals surface area (Å²) < 4.78 is 15.5. The molecule has 0 aromatic heterocycles. The molecule has 30 heavy (non-hydrogen) atoms. The number of rotatable bonds is 15. The minimum atomic E-state index is -0.634. The zero-order chi connectivity index (χ0) is 22.2. The van der Waals surface area contributed by atoms with E-state index in [0.29, 0.717) is 18.9 Å². The van der Waals surface area contributed by atoms with E-state index in [-0.39, 0.29) is 13.0 Å². The molecular formula is C24H34O6. The van der Waals surface area contributed by atoms with Crippen LogP contribution in [0.5, 0.6) is 5.75 Å². The van der Waals surface area contributed by atoms with Crippen molar-refractivity contribution in [1.82, 2.24) is 0 Å². The van der Waals surface area contributed by atoms with Crippen molar-refractivity contribution in [3.8, 4) is 5.75 Å². The Hall–Kier alpha value is -2.63. The Labute approximate surface area is 179 Å². The van der Waals surface area contributed by atoms with Gasteiger partial charge in [0.25, 0.3) is 0 Å². The summed E-state index contributed by atoms with van der Waals surface area (Å²) in [6.45, 7) is 6.12. The minimum Gasteiger partial charge on any atom is -0.493 e. The molecule has 0 saturated heterocycles. The first-order valence-electron chi connectivity index (χ1n) is 10.7. The Balaban J connectivity index is 2.36. The van der Waals surface area contributed by atoms with Crippen molar-refractivity contribution in [3.63, 3.8) is 0 Å². The van der Waals surface area contributed by atoms with Crippen molar-refractivity contribution in [2.24, 2.45) is 5.92 Å². The van der Waals surface area contributed by atoms with Crippen LogP contribution in [0.3, 0.4) is 0 Å². The highest BCUT2D eigenvalue weighted by atomic mass is 16.6. The van der Waals surface area contributed by atoms with Crippen molar-refractivity contribution < 1.29 is 28.6 Å². The Morgan fingerprint density at radius 1 is 0.967 bits per heavy atom. The van der Waals surface area contributed by atoms with Crippen molar-refractivity contribution in [1.29, 1.82) is 0 Å². The molecule has 166 valence electrons. The van der Waals surface area contributed by atoms with Crippen LogP contribution in [0.2, 0.25) is 0 Å². The lowest BCUT2D eigenvalue weighted by Crippen LogP contribution is -2.19. The van der Waals surface area contributed by atoms with Crippen molar-refractivity contribution in [3.05, 3.63) is 35.9 Å². The van der Waals surface area contributed by atoms with Gasteiger partial charge in [0.05, 0.1) is 6.61 Å². The predicted octanol–water partition coefficient (Wildman–Crippen LogP) is 4.75. The topological polar surface area (TPSA) is 78.9 Å². The molecular weight excluding hydrogens is 384 g/mol. The largest absolute Gasteiger partial charge is 0.493 e. The highest BCUT2D eigenvalue weighted by Gasteiger charge is 2.09. The van der Waals surface area contributed by atoms with E-state index in [1.165, 1.54) is 25.3 Å². The van der Waals surface area contributed by atoms with E-state index in [1.54, 1.807) is 6.08 Å². The molecule has 0 fully saturated rings. The summed E-state index contributed by atoms with van der Waals surface area (Å²) in [5, 5.41) is 0. The second-order valence-corrected chi connectivity index (χ2v) is 7.19. The van der Waals surface area contributed by atoms with Crippen LogP contribution < -0.4 is 4.74 Å². The summed E-state index contributed by atoms with van der Waals surface area (Å²) in [6.07, 6.45) is 8.47. The van der Waals surface area contributed by atoms with Crippen LogP contribution in [0, 0.1) is 5.92 Å². The highest BCUT2D eigenvalue weighted by molar-refractivity contribution is 5.90. The average molecular weight is 419 g/mol. The summed E-state index contributed by atoms with van der Waals surface area (Å²) in [5.74, 6) is -0.168. The normalized spacial score (nSPS) is 11.8. The van der Waals surface area contributed by atoms with Crippen LogP contribution in [0.15, 0.2) is 30.3 Å². The number of carbonyl (C=O) groups is 3. The molecule has 0 aliphatic rings. The van der Waals surface area contributed by atoms with Gasteiger partial charge in [0.2, 0.25) is 5.78 Å². The van der Waals surface area contributed by atoms with Crippen molar-refractivity contribution >= 4 is 23.8 Å². The SMILES string of the molecule is CCCCC(CC)COc1ccc(C=CC(=O)OCC(=O)COC(=O)CCC)cc1. The van der Waals surface area contributed by atoms with Gasteiger partial charge in [0.15, 0.2) is 13.2 Å². The maximum atomic E-state index is 11.7. The molecule has 1 rings (SSSR count). The molecule has 0 spiro atoms. The monoisotopic (exact) mass is 418 g/mol. The number of benzene rings is 1. The van der Waals surface area contributed by atoms with Crippen LogP contribution >= 0.6 is 0 Å². The Bertz CT molecular complexity index is 677. The van der Waals surface area contributed by atoms with Gasteiger partial charge in [-0.25, -0.2) is 4.79 Å². The van der Waals surface area contributed by atoms with Crippen molar-refractivity contribution in [2.45, 2.75) is 59.3 Å². The molecule has 0 N–H and O–H groups in total. The second-order valence-electron chi connectivity index (χ2n) is 7.19. The number of unbranched alkanes of at least 4 members (excludes halogenated alkanes) is 1. The zero-order valence-corrected chi connectivity index (χ0v) is 18.4. The van der Waals surface area contributed by atoms with Gasteiger partial charge in [-0.1, -0.05) is 52.2 Å².